The minimum absolute atomic E-state index is 0.0826. The zero-order chi connectivity index (χ0) is 29.6. The van der Waals surface area contributed by atoms with E-state index in [1.54, 1.807) is 69.2 Å². The first kappa shape index (κ1) is 36.5. The first-order chi connectivity index (χ1) is 17.5. The summed E-state index contributed by atoms with van der Waals surface area (Å²) in [5, 5.41) is -0.586. The van der Waals surface area contributed by atoms with Gasteiger partial charge in [-0.3, -0.25) is 19.5 Å². The summed E-state index contributed by atoms with van der Waals surface area (Å²) in [5.74, 6) is 0. The molecule has 0 aliphatic carbocycles. The Balaban J connectivity index is 5.60. The van der Waals surface area contributed by atoms with E-state index in [1.165, 1.54) is 0 Å². The Morgan fingerprint density at radius 2 is 1.16 bits per heavy atom. The van der Waals surface area contributed by atoms with Crippen molar-refractivity contribution in [3.8, 4) is 0 Å². The molecule has 0 spiro atoms. The van der Waals surface area contributed by atoms with Gasteiger partial charge in [-0.15, -0.1) is 5.01 Å². The third kappa shape index (κ3) is 13.5. The van der Waals surface area contributed by atoms with Crippen LogP contribution in [0.5, 0.6) is 0 Å². The molecule has 0 fully saturated rings. The van der Waals surface area contributed by atoms with Gasteiger partial charge in [-0.1, -0.05) is 0 Å². The van der Waals surface area contributed by atoms with Gasteiger partial charge in [0, 0.05) is 6.54 Å². The fourth-order valence-corrected chi connectivity index (χ4v) is 8.41. The lowest BCUT2D eigenvalue weighted by Gasteiger charge is -2.31. The van der Waals surface area contributed by atoms with E-state index in [2.05, 4.69) is 10.4 Å². The Morgan fingerprint density at radius 3 is 1.47 bits per heavy atom. The number of carbonyl (C=O) groups is 2. The van der Waals surface area contributed by atoms with Crippen molar-refractivity contribution >= 4 is 33.7 Å². The average Bonchev–Trinajstić information content (AvgIpc) is 2.73. The van der Waals surface area contributed by atoms with Crippen LogP contribution in [0, 0.1) is 0 Å². The van der Waals surface area contributed by atoms with Gasteiger partial charge >= 0.3 is 27.4 Å². The summed E-state index contributed by atoms with van der Waals surface area (Å²) in [4.78, 5) is 29.2. The van der Waals surface area contributed by atoms with E-state index < -0.39 is 44.0 Å². The highest BCUT2D eigenvalue weighted by Gasteiger charge is 2.50. The van der Waals surface area contributed by atoms with E-state index in [1.807, 2.05) is 0 Å². The summed E-state index contributed by atoms with van der Waals surface area (Å²) in [7, 11) is -7.72. The Bertz CT molecular complexity index is 777. The lowest BCUT2D eigenvalue weighted by molar-refractivity contribution is -0.00399. The summed E-state index contributed by atoms with van der Waals surface area (Å²) < 4.78 is 59.4. The molecule has 0 aromatic rings. The Kier molecular flexibility index (Phi) is 15.9. The van der Waals surface area contributed by atoms with Crippen molar-refractivity contribution in [2.75, 3.05) is 33.0 Å². The van der Waals surface area contributed by atoms with E-state index in [0.29, 0.717) is 5.01 Å². The van der Waals surface area contributed by atoms with E-state index in [4.69, 9.17) is 27.6 Å². The van der Waals surface area contributed by atoms with Crippen LogP contribution in [0.15, 0.2) is 4.99 Å². The monoisotopic (exact) mass is 587 g/mol. The molecule has 15 heteroatoms. The molecule has 0 unspecified atom stereocenters. The Labute approximate surface area is 227 Å². The molecule has 224 valence electrons. The number of nitrogens with one attached hydrogen (secondary N) is 1. The molecule has 0 saturated carbocycles. The van der Waals surface area contributed by atoms with Crippen molar-refractivity contribution in [1.29, 1.82) is 0 Å². The van der Waals surface area contributed by atoms with Crippen LogP contribution in [0.4, 0.5) is 9.59 Å². The summed E-state index contributed by atoms with van der Waals surface area (Å²) >= 11 is 0. The SMILES string of the molecule is CCOP(=O)(OCC)C(CCCN=CNN(C(=O)OC(C)(C)C)C(=O)OC(C)(C)C)P(=O)(OCC)OCC. The summed E-state index contributed by atoms with van der Waals surface area (Å²) in [6.07, 6.45) is -0.425. The van der Waals surface area contributed by atoms with Crippen LogP contribution in [0.25, 0.3) is 0 Å². The molecule has 0 aromatic carbocycles. The van der Waals surface area contributed by atoms with Gasteiger partial charge in [-0.2, -0.15) is 0 Å². The van der Waals surface area contributed by atoms with Gasteiger partial charge in [0.2, 0.25) is 0 Å². The first-order valence-electron chi connectivity index (χ1n) is 12.8. The maximum Gasteiger partial charge on any atom is 0.439 e. The average molecular weight is 588 g/mol. The highest BCUT2D eigenvalue weighted by molar-refractivity contribution is 7.72. The van der Waals surface area contributed by atoms with Gasteiger partial charge in [0.25, 0.3) is 0 Å². The van der Waals surface area contributed by atoms with Crippen LogP contribution >= 0.6 is 15.2 Å². The highest BCUT2D eigenvalue weighted by Crippen LogP contribution is 2.71. The smallest absolute Gasteiger partial charge is 0.439 e. The molecule has 13 nitrogen and oxygen atoms in total. The number of imide groups is 1. The molecule has 0 heterocycles. The largest absolute Gasteiger partial charge is 0.442 e. The van der Waals surface area contributed by atoms with Gasteiger partial charge in [-0.05, 0) is 82.1 Å². The lowest BCUT2D eigenvalue weighted by atomic mass is 10.2. The van der Waals surface area contributed by atoms with Crippen molar-refractivity contribution < 1.29 is 46.3 Å². The van der Waals surface area contributed by atoms with Crippen LogP contribution in [0.1, 0.15) is 82.1 Å². The van der Waals surface area contributed by atoms with E-state index in [-0.39, 0.29) is 45.8 Å². The summed E-state index contributed by atoms with van der Waals surface area (Å²) in [6.45, 7) is 17.1. The second kappa shape index (κ2) is 16.6. The van der Waals surface area contributed by atoms with Crippen LogP contribution in [-0.2, 0) is 36.7 Å². The van der Waals surface area contributed by atoms with E-state index in [9.17, 15) is 18.7 Å². The molecule has 0 rings (SSSR count). The van der Waals surface area contributed by atoms with Crippen LogP contribution < -0.4 is 5.43 Å². The molecule has 0 aromatic heterocycles. The molecule has 2 amide bonds. The molecular formula is C23H47N3O10P2. The minimum Gasteiger partial charge on any atom is -0.442 e. The molecule has 0 aliphatic heterocycles. The number of hydrazine groups is 1. The van der Waals surface area contributed by atoms with Crippen molar-refractivity contribution in [3.63, 3.8) is 0 Å². The number of amides is 2. The quantitative estimate of drug-likeness (QED) is 0.0709. The number of hydrogen-bond donors (Lipinski definition) is 1. The number of carbonyl (C=O) groups excluding carboxylic acids is 2. The molecule has 0 atom stereocenters. The number of rotatable bonds is 16. The molecule has 38 heavy (non-hydrogen) atoms. The maximum atomic E-state index is 13.6. The standard InChI is InChI=1S/C23H47N3O10P2/c1-11-31-37(29,32-12-2)19(38(30,33-13-3)34-14-4)16-15-17-24-18-25-26(20(27)35-22(5,6)7)21(28)36-23(8,9)10/h18-19H,11-17H2,1-10H3,(H,24,25). The Morgan fingerprint density at radius 1 is 0.789 bits per heavy atom. The van der Waals surface area contributed by atoms with Gasteiger partial charge in [-0.25, -0.2) is 9.59 Å². The van der Waals surface area contributed by atoms with Crippen molar-refractivity contribution in [3.05, 3.63) is 0 Å². The van der Waals surface area contributed by atoms with Crippen LogP contribution in [-0.4, -0.2) is 73.1 Å². The number of aliphatic imine (C=N–C) groups is 1. The van der Waals surface area contributed by atoms with Crippen molar-refractivity contribution in [2.45, 2.75) is 98.7 Å². The van der Waals surface area contributed by atoms with Crippen molar-refractivity contribution in [1.82, 2.24) is 10.4 Å². The van der Waals surface area contributed by atoms with E-state index in [0.717, 1.165) is 6.34 Å². The summed E-state index contributed by atoms with van der Waals surface area (Å²) in [6, 6.07) is 0. The fraction of sp³-hybridized carbons (Fsp3) is 0.870. The van der Waals surface area contributed by atoms with Crippen molar-refractivity contribution in [2.24, 2.45) is 4.99 Å². The van der Waals surface area contributed by atoms with Gasteiger partial charge in [0.1, 0.15) is 17.5 Å². The van der Waals surface area contributed by atoms with Gasteiger partial charge < -0.3 is 27.6 Å². The van der Waals surface area contributed by atoms with Crippen LogP contribution in [0.2, 0.25) is 0 Å². The molecule has 0 bridgehead atoms. The van der Waals surface area contributed by atoms with Gasteiger partial charge in [0.15, 0.2) is 5.40 Å². The zero-order valence-electron chi connectivity index (χ0n) is 24.5. The predicted octanol–water partition coefficient (Wildman–Crippen LogP) is 6.33. The molecule has 0 saturated heterocycles. The lowest BCUT2D eigenvalue weighted by Crippen LogP contribution is -2.50. The predicted molar refractivity (Wildman–Crippen MR) is 146 cm³/mol. The zero-order valence-corrected chi connectivity index (χ0v) is 26.3. The fourth-order valence-electron chi connectivity index (χ4n) is 2.95. The normalized spacial score (nSPS) is 13.1. The first-order valence-corrected chi connectivity index (χ1v) is 16.0. The number of hydrogen-bond acceptors (Lipinski definition) is 11. The minimum atomic E-state index is -3.86. The molecule has 0 aliphatic rings. The molecular weight excluding hydrogens is 540 g/mol. The highest BCUT2D eigenvalue weighted by atomic mass is 31.2. The summed E-state index contributed by atoms with van der Waals surface area (Å²) in [5.41, 5.74) is 0.775. The van der Waals surface area contributed by atoms with E-state index >= 15 is 0 Å². The van der Waals surface area contributed by atoms with Gasteiger partial charge in [0.05, 0.1) is 26.4 Å². The second-order valence-electron chi connectivity index (χ2n) is 9.83. The maximum absolute atomic E-state index is 13.6. The number of ether oxygens (including phenoxy) is 2. The number of nitrogens with zero attached hydrogens (tertiary/aromatic N) is 2. The topological polar surface area (TPSA) is 151 Å². The van der Waals surface area contributed by atoms with Crippen LogP contribution in [0.3, 0.4) is 0 Å². The third-order valence-electron chi connectivity index (χ3n) is 4.15. The second-order valence-corrected chi connectivity index (χ2v) is 14.7. The Hall–Kier alpha value is -1.49. The molecule has 1 N–H and O–H groups in total. The molecule has 0 radical (unpaired) electrons. The third-order valence-corrected chi connectivity index (χ3v) is 10.3.